The van der Waals surface area contributed by atoms with Crippen molar-refractivity contribution in [1.29, 1.82) is 0 Å². The van der Waals surface area contributed by atoms with Crippen molar-refractivity contribution in [2.45, 2.75) is 163 Å². The maximum atomic E-state index is 13.6. The Balaban J connectivity index is 0.000000217. The number of piperidine rings is 3. The smallest absolute Gasteiger partial charge is 0.339 e. The van der Waals surface area contributed by atoms with Gasteiger partial charge < -0.3 is 42.8 Å². The molecule has 3 atom stereocenters. The van der Waals surface area contributed by atoms with Gasteiger partial charge in [0.15, 0.2) is 18.1 Å². The predicted molar refractivity (Wildman–Crippen MR) is 309 cm³/mol. The Morgan fingerprint density at radius 3 is 1.35 bits per heavy atom. The summed E-state index contributed by atoms with van der Waals surface area (Å²) in [6.45, 7) is 25.3. The first-order chi connectivity index (χ1) is 37.6. The van der Waals surface area contributed by atoms with Crippen molar-refractivity contribution in [3.63, 3.8) is 0 Å². The van der Waals surface area contributed by atoms with Crippen LogP contribution in [0.4, 0.5) is 17.1 Å². The molecular formula is C63H95N6O9Y+3. The SMILES string of the molecule is CCC(C(=O)Nc1c(C)cccc1C(=O)OC)[N+]1(CC)CCCCCCC1.CC[N+]1(C2CCCN(c3c(C)cccc3C(=O)OC)C2=O)CCCCC1.CC[N+]1(C2CCN(c3c(C)cccc3C(=O)OC)C2=O)CCCCC1.[Y]. The molecule has 3 aromatic carbocycles. The minimum atomic E-state index is -0.423. The van der Waals surface area contributed by atoms with Gasteiger partial charge in [-0.3, -0.25) is 14.4 Å². The molecule has 3 amide bonds. The number of quaternary nitrogens is 3. The van der Waals surface area contributed by atoms with Crippen LogP contribution in [0.5, 0.6) is 0 Å². The van der Waals surface area contributed by atoms with Crippen LogP contribution in [0.1, 0.15) is 172 Å². The fourth-order valence-corrected chi connectivity index (χ4v) is 14.0. The maximum Gasteiger partial charge on any atom is 0.339 e. The van der Waals surface area contributed by atoms with Crippen molar-refractivity contribution in [3.8, 4) is 0 Å². The summed E-state index contributed by atoms with van der Waals surface area (Å²) in [5.74, 6) is -0.821. The minimum Gasteiger partial charge on any atom is -0.465 e. The summed E-state index contributed by atoms with van der Waals surface area (Å²) in [6.07, 6.45) is 17.1. The Hall–Kier alpha value is -4.54. The number of esters is 3. The monoisotopic (exact) mass is 1170 g/mol. The van der Waals surface area contributed by atoms with Gasteiger partial charge in [-0.05, 0) is 147 Å². The number of carbonyl (C=O) groups excluding carboxylic acids is 6. The number of amides is 3. The number of likely N-dealkylation sites (N-methyl/N-ethyl adjacent to an activating group) is 3. The molecule has 431 valence electrons. The van der Waals surface area contributed by atoms with Gasteiger partial charge in [0, 0.05) is 65.1 Å². The number of rotatable bonds is 14. The number of carbonyl (C=O) groups is 6. The van der Waals surface area contributed by atoms with Crippen molar-refractivity contribution in [1.82, 2.24) is 0 Å². The van der Waals surface area contributed by atoms with E-state index in [0.717, 1.165) is 126 Å². The van der Waals surface area contributed by atoms with Crippen LogP contribution < -0.4 is 15.1 Å². The van der Waals surface area contributed by atoms with Gasteiger partial charge in [0.25, 0.3) is 17.7 Å². The van der Waals surface area contributed by atoms with E-state index >= 15 is 0 Å². The van der Waals surface area contributed by atoms with Crippen LogP contribution in [0.15, 0.2) is 54.6 Å². The average Bonchev–Trinajstić information content (AvgIpc) is 3.94. The molecule has 1 N–H and O–H groups in total. The van der Waals surface area contributed by atoms with E-state index in [1.54, 1.807) is 18.2 Å². The van der Waals surface area contributed by atoms with Crippen LogP contribution in [0, 0.1) is 20.8 Å². The molecule has 5 aliphatic heterocycles. The first-order valence-electron chi connectivity index (χ1n) is 29.6. The predicted octanol–water partition coefficient (Wildman–Crippen LogP) is 10.5. The van der Waals surface area contributed by atoms with E-state index in [-0.39, 0.29) is 80.5 Å². The summed E-state index contributed by atoms with van der Waals surface area (Å²) in [5.41, 5.74) is 6.19. The van der Waals surface area contributed by atoms with E-state index in [4.69, 9.17) is 14.2 Å². The number of nitrogens with zero attached hydrogens (tertiary/aromatic N) is 5. The molecule has 0 aliphatic carbocycles. The fourth-order valence-electron chi connectivity index (χ4n) is 14.0. The minimum absolute atomic E-state index is 0. The topological polar surface area (TPSA) is 149 Å². The summed E-state index contributed by atoms with van der Waals surface area (Å²) in [6, 6.07) is 16.5. The van der Waals surface area contributed by atoms with Crippen LogP contribution >= 0.6 is 0 Å². The molecule has 3 unspecified atom stereocenters. The van der Waals surface area contributed by atoms with Crippen LogP contribution in [-0.4, -0.2) is 161 Å². The summed E-state index contributed by atoms with van der Waals surface area (Å²) < 4.78 is 17.5. The molecule has 0 aromatic heterocycles. The molecule has 16 heteroatoms. The molecule has 0 saturated carbocycles. The molecule has 0 bridgehead atoms. The number of likely N-dealkylation sites (tertiary alicyclic amines) is 3. The molecule has 8 rings (SSSR count). The van der Waals surface area contributed by atoms with Gasteiger partial charge >= 0.3 is 17.9 Å². The van der Waals surface area contributed by atoms with Crippen molar-refractivity contribution >= 4 is 52.7 Å². The number of nitrogens with one attached hydrogen (secondary N) is 1. The van der Waals surface area contributed by atoms with Crippen LogP contribution in [-0.2, 0) is 61.3 Å². The Labute approximate surface area is 498 Å². The van der Waals surface area contributed by atoms with Gasteiger partial charge in [-0.1, -0.05) is 49.7 Å². The van der Waals surface area contributed by atoms with E-state index in [0.29, 0.717) is 35.5 Å². The Morgan fingerprint density at radius 2 is 0.911 bits per heavy atom. The zero-order chi connectivity index (χ0) is 56.6. The molecule has 15 nitrogen and oxygen atoms in total. The van der Waals surface area contributed by atoms with Gasteiger partial charge in [0.05, 0.1) is 114 Å². The van der Waals surface area contributed by atoms with Gasteiger partial charge in [0.2, 0.25) is 0 Å². The second-order valence-corrected chi connectivity index (χ2v) is 22.6. The summed E-state index contributed by atoms with van der Waals surface area (Å²) >= 11 is 0. The molecule has 5 saturated heterocycles. The molecule has 5 fully saturated rings. The summed E-state index contributed by atoms with van der Waals surface area (Å²) in [5, 5.41) is 3.08. The van der Waals surface area contributed by atoms with Crippen LogP contribution in [0.25, 0.3) is 0 Å². The third-order valence-electron chi connectivity index (χ3n) is 18.5. The maximum absolute atomic E-state index is 13.6. The second-order valence-electron chi connectivity index (χ2n) is 22.6. The standard InChI is InChI=1S/C22H34N2O3.C21H31N2O3.C20H29N2O3.Y/c1-5-19(24(6-2)15-10-8-7-9-11-16-24)21(25)23-20-17(3)13-12-14-18(20)22(26)27-4;1-4-23(14-6-5-7-15-23)18-12-9-13-22(20(18)24)19-16(2)10-8-11-17(19)21(25)26-3;1-4-22(13-6-5-7-14-22)17-11-12-21(19(17)23)18-15(2)9-8-10-16(18)20(24)25-3;/h12-14,19H,5-11,15-16H2,1-4H3;8,10-11,18H,4-7,9,12-15H2,1-3H3;8-10,17H,4-7,11-14H2,1-3H3;/q;2*+1;/p+1. The first-order valence-corrected chi connectivity index (χ1v) is 29.6. The Morgan fingerprint density at radius 1 is 0.519 bits per heavy atom. The number of benzene rings is 3. The van der Waals surface area contributed by atoms with E-state index in [1.807, 2.05) is 67.0 Å². The van der Waals surface area contributed by atoms with E-state index in [1.165, 1.54) is 92.0 Å². The van der Waals surface area contributed by atoms with Gasteiger partial charge in [-0.25, -0.2) is 14.4 Å². The number of para-hydroxylation sites is 3. The molecule has 1 radical (unpaired) electrons. The fraction of sp³-hybridized carbons (Fsp3) is 0.619. The van der Waals surface area contributed by atoms with E-state index in [2.05, 4.69) is 33.0 Å². The normalized spacial score (nSPS) is 21.0. The summed E-state index contributed by atoms with van der Waals surface area (Å²) in [7, 11) is 4.14. The van der Waals surface area contributed by atoms with Gasteiger partial charge in [-0.2, -0.15) is 0 Å². The third-order valence-corrected chi connectivity index (χ3v) is 18.5. The number of aryl methyl sites for hydroxylation is 3. The molecule has 5 aliphatic rings. The van der Waals surface area contributed by atoms with Gasteiger partial charge in [0.1, 0.15) is 0 Å². The van der Waals surface area contributed by atoms with E-state index < -0.39 is 5.97 Å². The zero-order valence-corrected chi connectivity index (χ0v) is 52.6. The molecule has 79 heavy (non-hydrogen) atoms. The zero-order valence-electron chi connectivity index (χ0n) is 49.8. The molecule has 3 aromatic rings. The number of hydrogen-bond acceptors (Lipinski definition) is 9. The summed E-state index contributed by atoms with van der Waals surface area (Å²) in [4.78, 5) is 80.5. The molecule has 0 spiro atoms. The second kappa shape index (κ2) is 30.5. The van der Waals surface area contributed by atoms with Crippen molar-refractivity contribution in [3.05, 3.63) is 88.0 Å². The largest absolute Gasteiger partial charge is 0.465 e. The Kier molecular flexibility index (Phi) is 25.2. The quantitative estimate of drug-likeness (QED) is 0.0946. The van der Waals surface area contributed by atoms with Crippen molar-refractivity contribution in [2.75, 3.05) is 108 Å². The average molecular weight is 1170 g/mol. The molecular weight excluding hydrogens is 1070 g/mol. The van der Waals surface area contributed by atoms with Gasteiger partial charge in [-0.15, -0.1) is 0 Å². The molecule has 5 heterocycles. The van der Waals surface area contributed by atoms with Crippen LogP contribution in [0.3, 0.4) is 0 Å². The Bertz CT molecular complexity index is 2550. The van der Waals surface area contributed by atoms with Crippen LogP contribution in [0.2, 0.25) is 0 Å². The third kappa shape index (κ3) is 14.8. The van der Waals surface area contributed by atoms with Crippen molar-refractivity contribution < 1.29 is 89.1 Å². The number of methoxy groups -OCH3 is 3. The first kappa shape index (κ1) is 65.3. The number of hydrogen-bond donors (Lipinski definition) is 1. The number of ether oxygens (including phenoxy) is 3. The van der Waals surface area contributed by atoms with E-state index in [9.17, 15) is 28.8 Å². The van der Waals surface area contributed by atoms with Crippen molar-refractivity contribution in [2.24, 2.45) is 0 Å². The number of anilines is 3.